The van der Waals surface area contributed by atoms with Crippen LogP contribution in [-0.4, -0.2) is 87.4 Å². The molecule has 0 rings (SSSR count). The maximum atomic E-state index is 12.9. The number of esters is 2. The Morgan fingerprint density at radius 3 is 0.989 bits per heavy atom. The number of carboxylic acids is 1. The summed E-state index contributed by atoms with van der Waals surface area (Å²) in [6.07, 6.45) is 89.2. The van der Waals surface area contributed by atoms with Crippen molar-refractivity contribution in [3.05, 3.63) is 72.9 Å². The zero-order valence-corrected chi connectivity index (χ0v) is 57.9. The van der Waals surface area contributed by atoms with Crippen molar-refractivity contribution in [3.8, 4) is 0 Å². The van der Waals surface area contributed by atoms with Crippen LogP contribution in [0.5, 0.6) is 0 Å². The standard InChI is InChI=1S/C78H141NO8/c1-6-8-10-12-14-16-18-20-22-24-26-28-29-30-31-32-33-34-35-36-37-38-39-40-41-42-43-44-45-46-47-49-50-52-54-56-58-60-62-64-66-68-75(80)85-72-74(73-86-78(77(82)83)84-71-70-79(3,4)5)87-76(81)69-67-65-63-61-59-57-55-53-51-48-27-25-23-21-19-17-15-13-11-9-7-2/h9,11,15,17,21,23-24,26-27,48,53,55,74,78H,6-8,10,12-14,16,18-20,22,25,28-47,49-52,54,56-73H2,1-5H3/p+1/b11-9-,17-15-,23-21-,26-24-,48-27-,55-53-. The monoisotopic (exact) mass is 1220 g/mol. The van der Waals surface area contributed by atoms with E-state index < -0.39 is 24.3 Å². The van der Waals surface area contributed by atoms with E-state index in [1.54, 1.807) is 0 Å². The molecule has 0 aromatic heterocycles. The fraction of sp³-hybridized carbons (Fsp3) is 0.808. The molecule has 0 spiro atoms. The predicted octanol–water partition coefficient (Wildman–Crippen LogP) is 23.3. The summed E-state index contributed by atoms with van der Waals surface area (Å²) in [4.78, 5) is 37.6. The molecule has 2 atom stereocenters. The highest BCUT2D eigenvalue weighted by Crippen LogP contribution is 2.19. The van der Waals surface area contributed by atoms with E-state index in [2.05, 4.69) is 86.8 Å². The summed E-state index contributed by atoms with van der Waals surface area (Å²) in [6.45, 7) is 4.78. The number of aliphatic carboxylic acids is 1. The Balaban J connectivity index is 3.95. The number of carbonyl (C=O) groups is 3. The van der Waals surface area contributed by atoms with Crippen LogP contribution in [0, 0.1) is 0 Å². The van der Waals surface area contributed by atoms with Gasteiger partial charge in [0.25, 0.3) is 6.29 Å². The van der Waals surface area contributed by atoms with Crippen LogP contribution in [0.4, 0.5) is 0 Å². The summed E-state index contributed by atoms with van der Waals surface area (Å²) in [7, 11) is 5.97. The lowest BCUT2D eigenvalue weighted by atomic mass is 10.0. The first kappa shape index (κ1) is 83.7. The van der Waals surface area contributed by atoms with Crippen molar-refractivity contribution in [1.29, 1.82) is 0 Å². The molecule has 0 bridgehead atoms. The highest BCUT2D eigenvalue weighted by molar-refractivity contribution is 5.71. The minimum Gasteiger partial charge on any atom is -0.477 e. The van der Waals surface area contributed by atoms with Gasteiger partial charge in [0.1, 0.15) is 13.2 Å². The predicted molar refractivity (Wildman–Crippen MR) is 373 cm³/mol. The van der Waals surface area contributed by atoms with Gasteiger partial charge in [-0.1, -0.05) is 324 Å². The fourth-order valence-electron chi connectivity index (χ4n) is 10.8. The van der Waals surface area contributed by atoms with Crippen LogP contribution < -0.4 is 0 Å². The summed E-state index contributed by atoms with van der Waals surface area (Å²) >= 11 is 0. The largest absolute Gasteiger partial charge is 0.477 e. The Bertz CT molecular complexity index is 1660. The molecule has 0 saturated heterocycles. The molecule has 0 amide bonds. The van der Waals surface area contributed by atoms with Gasteiger partial charge in [-0.15, -0.1) is 0 Å². The first-order valence-electron chi connectivity index (χ1n) is 37.1. The SMILES string of the molecule is CC/C=C\C/C=C\C/C=C\C/C=C\C/C=C\CCCCCCCC(=O)OC(COC(=O)CCCCCCCCCCCCCCCCCCCCCCCCCCCCCCC/C=C\CCCCCCCCCC)COC(OCC[N+](C)(C)C)C(=O)O. The number of hydrogen-bond acceptors (Lipinski definition) is 7. The minimum atomic E-state index is -1.52. The molecule has 0 aliphatic rings. The Labute approximate surface area is 538 Å². The van der Waals surface area contributed by atoms with Gasteiger partial charge >= 0.3 is 17.9 Å². The molecular formula is C78H142NO8+. The molecule has 0 aromatic carbocycles. The molecule has 0 aliphatic heterocycles. The lowest BCUT2D eigenvalue weighted by Crippen LogP contribution is -2.40. The quantitative estimate of drug-likeness (QED) is 0.0211. The van der Waals surface area contributed by atoms with Gasteiger partial charge in [0, 0.05) is 12.8 Å². The van der Waals surface area contributed by atoms with E-state index in [0.29, 0.717) is 23.9 Å². The maximum Gasteiger partial charge on any atom is 0.361 e. The third-order valence-corrected chi connectivity index (χ3v) is 16.4. The number of hydrogen-bond donors (Lipinski definition) is 1. The van der Waals surface area contributed by atoms with Crippen molar-refractivity contribution in [2.24, 2.45) is 0 Å². The van der Waals surface area contributed by atoms with Crippen molar-refractivity contribution in [2.45, 2.75) is 360 Å². The molecule has 87 heavy (non-hydrogen) atoms. The molecule has 1 N–H and O–H groups in total. The number of likely N-dealkylation sites (N-methyl/N-ethyl adjacent to an activating group) is 1. The highest BCUT2D eigenvalue weighted by Gasteiger charge is 2.25. The lowest BCUT2D eigenvalue weighted by molar-refractivity contribution is -0.870. The topological polar surface area (TPSA) is 108 Å². The number of ether oxygens (including phenoxy) is 4. The fourth-order valence-corrected chi connectivity index (χ4v) is 10.8. The van der Waals surface area contributed by atoms with Gasteiger partial charge in [-0.2, -0.15) is 0 Å². The van der Waals surface area contributed by atoms with Gasteiger partial charge in [0.2, 0.25) is 0 Å². The Kier molecular flexibility index (Phi) is 66.1. The summed E-state index contributed by atoms with van der Waals surface area (Å²) in [5.41, 5.74) is 0. The normalized spacial score (nSPS) is 13.1. The van der Waals surface area contributed by atoms with Crippen molar-refractivity contribution in [1.82, 2.24) is 0 Å². The van der Waals surface area contributed by atoms with Crippen LogP contribution in [0.3, 0.4) is 0 Å². The van der Waals surface area contributed by atoms with Gasteiger partial charge < -0.3 is 28.5 Å². The number of unbranched alkanes of at least 4 members (excludes halogenated alkanes) is 42. The summed E-state index contributed by atoms with van der Waals surface area (Å²) < 4.78 is 23.0. The molecule has 9 nitrogen and oxygen atoms in total. The van der Waals surface area contributed by atoms with Crippen LogP contribution in [-0.2, 0) is 33.3 Å². The smallest absolute Gasteiger partial charge is 0.361 e. The molecule has 506 valence electrons. The summed E-state index contributed by atoms with van der Waals surface area (Å²) in [6, 6.07) is 0. The van der Waals surface area contributed by atoms with E-state index in [4.69, 9.17) is 18.9 Å². The number of allylic oxidation sites excluding steroid dienone is 12. The molecule has 0 heterocycles. The number of rotatable bonds is 69. The van der Waals surface area contributed by atoms with Gasteiger partial charge in [0.15, 0.2) is 6.10 Å². The van der Waals surface area contributed by atoms with Gasteiger partial charge in [0.05, 0.1) is 34.4 Å². The van der Waals surface area contributed by atoms with Crippen molar-refractivity contribution in [2.75, 3.05) is 47.5 Å². The van der Waals surface area contributed by atoms with Gasteiger partial charge in [-0.25, -0.2) is 4.79 Å². The number of carboxylic acid groups (broad SMARTS) is 1. The summed E-state index contributed by atoms with van der Waals surface area (Å²) in [5.74, 6) is -2.02. The van der Waals surface area contributed by atoms with E-state index in [-0.39, 0.29) is 32.2 Å². The average molecular weight is 1220 g/mol. The van der Waals surface area contributed by atoms with E-state index >= 15 is 0 Å². The van der Waals surface area contributed by atoms with E-state index in [9.17, 15) is 19.5 Å². The second kappa shape index (κ2) is 68.6. The van der Waals surface area contributed by atoms with E-state index in [1.807, 2.05) is 21.1 Å². The Morgan fingerprint density at radius 2 is 0.655 bits per heavy atom. The number of quaternary nitrogens is 1. The lowest BCUT2D eigenvalue weighted by Gasteiger charge is -2.25. The van der Waals surface area contributed by atoms with Crippen LogP contribution in [0.15, 0.2) is 72.9 Å². The number of carbonyl (C=O) groups excluding carboxylic acids is 2. The molecule has 0 radical (unpaired) electrons. The molecule has 2 unspecified atom stereocenters. The maximum absolute atomic E-state index is 12.9. The first-order valence-corrected chi connectivity index (χ1v) is 37.1. The zero-order chi connectivity index (χ0) is 63.3. The summed E-state index contributed by atoms with van der Waals surface area (Å²) in [5, 5.41) is 9.74. The van der Waals surface area contributed by atoms with Crippen LogP contribution in [0.2, 0.25) is 0 Å². The zero-order valence-electron chi connectivity index (χ0n) is 57.9. The van der Waals surface area contributed by atoms with Crippen LogP contribution >= 0.6 is 0 Å². The molecule has 0 aliphatic carbocycles. The Hall–Kier alpha value is -3.27. The second-order valence-electron chi connectivity index (χ2n) is 26.2. The van der Waals surface area contributed by atoms with Crippen molar-refractivity contribution >= 4 is 17.9 Å². The molecule has 0 fully saturated rings. The van der Waals surface area contributed by atoms with Crippen LogP contribution in [0.25, 0.3) is 0 Å². The minimum absolute atomic E-state index is 0.182. The molecular weight excluding hydrogens is 1080 g/mol. The van der Waals surface area contributed by atoms with E-state index in [1.165, 1.54) is 231 Å². The molecule has 0 aromatic rings. The van der Waals surface area contributed by atoms with Crippen molar-refractivity contribution < 1.29 is 42.9 Å². The highest BCUT2D eigenvalue weighted by atomic mass is 16.7. The van der Waals surface area contributed by atoms with Gasteiger partial charge in [-0.05, 0) is 83.5 Å². The third kappa shape index (κ3) is 70.1. The number of nitrogens with zero attached hydrogens (tertiary/aromatic N) is 1. The third-order valence-electron chi connectivity index (χ3n) is 16.4. The Morgan fingerprint density at radius 1 is 0.356 bits per heavy atom. The van der Waals surface area contributed by atoms with Crippen molar-refractivity contribution in [3.63, 3.8) is 0 Å². The first-order chi connectivity index (χ1) is 42.6. The van der Waals surface area contributed by atoms with Crippen LogP contribution in [0.1, 0.15) is 348 Å². The van der Waals surface area contributed by atoms with E-state index in [0.717, 1.165) is 83.5 Å². The average Bonchev–Trinajstić information content (AvgIpc) is 3.57. The second-order valence-corrected chi connectivity index (χ2v) is 26.2. The molecule has 0 saturated carbocycles. The molecule has 9 heteroatoms. The van der Waals surface area contributed by atoms with Gasteiger partial charge in [-0.3, -0.25) is 9.59 Å².